The number of carboxylic acids is 1. The Morgan fingerprint density at radius 1 is 1.10 bits per heavy atom. The summed E-state index contributed by atoms with van der Waals surface area (Å²) < 4.78 is 54.4. The van der Waals surface area contributed by atoms with Gasteiger partial charge in [-0.1, -0.05) is 30.3 Å². The number of rotatable bonds is 13. The molecule has 0 heterocycles. The van der Waals surface area contributed by atoms with Gasteiger partial charge in [0.25, 0.3) is 5.92 Å². The molecular weight excluding hydrogens is 513 g/mol. The van der Waals surface area contributed by atoms with Crippen molar-refractivity contribution in [3.63, 3.8) is 0 Å². The summed E-state index contributed by atoms with van der Waals surface area (Å²) in [5.74, 6) is -4.96. The van der Waals surface area contributed by atoms with Crippen molar-refractivity contribution < 1.29 is 37.3 Å². The van der Waals surface area contributed by atoms with Crippen LogP contribution in [0.1, 0.15) is 69.2 Å². The number of hydrogen-bond acceptors (Lipinski definition) is 4. The number of halogens is 3. The maximum absolute atomic E-state index is 15.7. The van der Waals surface area contributed by atoms with E-state index in [9.17, 15) is 23.5 Å². The van der Waals surface area contributed by atoms with E-state index < -0.39 is 48.2 Å². The van der Waals surface area contributed by atoms with Crippen LogP contribution in [0.3, 0.4) is 0 Å². The lowest BCUT2D eigenvalue weighted by molar-refractivity contribution is -0.175. The molecule has 0 aromatic heterocycles. The molecule has 0 spiro atoms. The largest absolute Gasteiger partial charge is 0.493 e. The SMILES string of the molecule is CCOc1cc(C(C)N(CCCCc2ccccc2)C(=O)NC2(C(=O)O)CC(F)(F)C2)c(F)c(OCC)c1C. The Bertz CT molecular complexity index is 1150. The van der Waals surface area contributed by atoms with Crippen molar-refractivity contribution >= 4 is 12.0 Å². The van der Waals surface area contributed by atoms with Gasteiger partial charge in [-0.25, -0.2) is 22.8 Å². The highest BCUT2D eigenvalue weighted by Crippen LogP contribution is 2.46. The number of carbonyl (C=O) groups is 2. The molecule has 39 heavy (non-hydrogen) atoms. The van der Waals surface area contributed by atoms with Crippen LogP contribution in [0.4, 0.5) is 18.0 Å². The van der Waals surface area contributed by atoms with Gasteiger partial charge in [0.15, 0.2) is 17.1 Å². The zero-order chi connectivity index (χ0) is 28.8. The van der Waals surface area contributed by atoms with Crippen molar-refractivity contribution in [2.75, 3.05) is 19.8 Å². The maximum atomic E-state index is 15.7. The van der Waals surface area contributed by atoms with E-state index in [1.54, 1.807) is 27.7 Å². The maximum Gasteiger partial charge on any atom is 0.329 e. The van der Waals surface area contributed by atoms with Crippen molar-refractivity contribution in [2.45, 2.75) is 77.3 Å². The number of nitrogens with zero attached hydrogens (tertiary/aromatic N) is 1. The summed E-state index contributed by atoms with van der Waals surface area (Å²) in [5, 5.41) is 12.0. The van der Waals surface area contributed by atoms with Crippen molar-refractivity contribution in [1.29, 1.82) is 0 Å². The zero-order valence-electron chi connectivity index (χ0n) is 22.9. The van der Waals surface area contributed by atoms with Crippen molar-refractivity contribution in [1.82, 2.24) is 10.2 Å². The van der Waals surface area contributed by atoms with Crippen LogP contribution in [0.5, 0.6) is 11.5 Å². The van der Waals surface area contributed by atoms with E-state index >= 15 is 4.39 Å². The molecule has 10 heteroatoms. The number of benzene rings is 2. The van der Waals surface area contributed by atoms with Gasteiger partial charge in [0.1, 0.15) is 5.75 Å². The molecule has 1 saturated carbocycles. The van der Waals surface area contributed by atoms with Crippen LogP contribution >= 0.6 is 0 Å². The van der Waals surface area contributed by atoms with Crippen LogP contribution in [-0.4, -0.2) is 53.2 Å². The molecule has 1 unspecified atom stereocenters. The fourth-order valence-electron chi connectivity index (χ4n) is 4.94. The smallest absolute Gasteiger partial charge is 0.329 e. The number of carboxylic acid groups (broad SMARTS) is 1. The lowest BCUT2D eigenvalue weighted by atomic mass is 9.73. The number of nitrogens with one attached hydrogen (secondary N) is 1. The number of carbonyl (C=O) groups excluding carboxylic acids is 1. The van der Waals surface area contributed by atoms with Crippen molar-refractivity contribution in [3.05, 3.63) is 58.9 Å². The number of hydrogen-bond donors (Lipinski definition) is 2. The first-order valence-corrected chi connectivity index (χ1v) is 13.3. The third-order valence-electron chi connectivity index (χ3n) is 7.05. The van der Waals surface area contributed by atoms with Gasteiger partial charge in [-0.2, -0.15) is 0 Å². The van der Waals surface area contributed by atoms with Gasteiger partial charge >= 0.3 is 12.0 Å². The van der Waals surface area contributed by atoms with E-state index in [1.807, 2.05) is 30.3 Å². The van der Waals surface area contributed by atoms with Crippen LogP contribution in [0, 0.1) is 12.7 Å². The minimum absolute atomic E-state index is 0.00961. The van der Waals surface area contributed by atoms with Crippen molar-refractivity contribution in [3.8, 4) is 11.5 Å². The summed E-state index contributed by atoms with van der Waals surface area (Å²) in [6, 6.07) is 9.55. The first kappa shape index (κ1) is 30.1. The molecule has 3 rings (SSSR count). The predicted octanol–water partition coefficient (Wildman–Crippen LogP) is 6.28. The second-order valence-corrected chi connectivity index (χ2v) is 9.94. The van der Waals surface area contributed by atoms with Crippen molar-refractivity contribution in [2.24, 2.45) is 0 Å². The summed E-state index contributed by atoms with van der Waals surface area (Å²) in [6.07, 6.45) is -0.0311. The number of ether oxygens (including phenoxy) is 2. The third kappa shape index (κ3) is 6.96. The monoisotopic (exact) mass is 550 g/mol. The average Bonchev–Trinajstić information content (AvgIpc) is 2.87. The van der Waals surface area contributed by atoms with Gasteiger partial charge in [-0.3, -0.25) is 0 Å². The molecule has 1 aliphatic carbocycles. The Kier molecular flexibility index (Phi) is 9.74. The molecule has 0 radical (unpaired) electrons. The third-order valence-corrected chi connectivity index (χ3v) is 7.05. The van der Waals surface area contributed by atoms with Gasteiger partial charge in [0.2, 0.25) is 0 Å². The summed E-state index contributed by atoms with van der Waals surface area (Å²) in [6.45, 7) is 7.48. The molecule has 214 valence electrons. The number of urea groups is 1. The van der Waals surface area contributed by atoms with Crippen LogP contribution in [0.15, 0.2) is 36.4 Å². The Morgan fingerprint density at radius 2 is 1.74 bits per heavy atom. The van der Waals surface area contributed by atoms with E-state index in [0.717, 1.165) is 12.0 Å². The minimum Gasteiger partial charge on any atom is -0.493 e. The van der Waals surface area contributed by atoms with Crippen LogP contribution < -0.4 is 14.8 Å². The molecule has 2 amide bonds. The van der Waals surface area contributed by atoms with Crippen LogP contribution in [-0.2, 0) is 11.2 Å². The topological polar surface area (TPSA) is 88.1 Å². The number of amides is 2. The highest BCUT2D eigenvalue weighted by molar-refractivity contribution is 5.88. The Hall–Kier alpha value is -3.43. The summed E-state index contributed by atoms with van der Waals surface area (Å²) >= 11 is 0. The van der Waals surface area contributed by atoms with Gasteiger partial charge in [-0.05, 0) is 58.6 Å². The number of alkyl halides is 2. The van der Waals surface area contributed by atoms with E-state index in [2.05, 4.69) is 5.32 Å². The normalized spacial score (nSPS) is 16.1. The van der Waals surface area contributed by atoms with Gasteiger partial charge in [0, 0.05) is 30.5 Å². The number of unbranched alkanes of at least 4 members (excludes halogenated alkanes) is 1. The molecular formula is C29H37F3N2O5. The summed E-state index contributed by atoms with van der Waals surface area (Å²) in [4.78, 5) is 26.6. The molecule has 1 aliphatic rings. The van der Waals surface area contributed by atoms with E-state index in [1.165, 1.54) is 11.0 Å². The van der Waals surface area contributed by atoms with E-state index in [4.69, 9.17) is 9.47 Å². The number of aryl methyl sites for hydroxylation is 1. The Balaban J connectivity index is 1.90. The molecule has 2 aromatic carbocycles. The van der Waals surface area contributed by atoms with E-state index in [0.29, 0.717) is 30.8 Å². The summed E-state index contributed by atoms with van der Waals surface area (Å²) in [5.41, 5.74) is -0.363. The zero-order valence-corrected chi connectivity index (χ0v) is 22.9. The number of aliphatic carboxylic acids is 1. The molecule has 0 saturated heterocycles. The fourth-order valence-corrected chi connectivity index (χ4v) is 4.94. The van der Waals surface area contributed by atoms with Crippen LogP contribution in [0.2, 0.25) is 0 Å². The molecule has 0 bridgehead atoms. The average molecular weight is 551 g/mol. The molecule has 2 N–H and O–H groups in total. The molecule has 0 aliphatic heterocycles. The fraction of sp³-hybridized carbons (Fsp3) is 0.517. The van der Waals surface area contributed by atoms with Crippen LogP contribution in [0.25, 0.3) is 0 Å². The summed E-state index contributed by atoms with van der Waals surface area (Å²) in [7, 11) is 0. The first-order chi connectivity index (χ1) is 18.4. The van der Waals surface area contributed by atoms with Gasteiger partial charge < -0.3 is 24.8 Å². The Morgan fingerprint density at radius 3 is 2.31 bits per heavy atom. The second kappa shape index (κ2) is 12.6. The molecule has 2 aromatic rings. The highest BCUT2D eigenvalue weighted by Gasteiger charge is 2.62. The van der Waals surface area contributed by atoms with E-state index in [-0.39, 0.29) is 24.5 Å². The lowest BCUT2D eigenvalue weighted by Crippen LogP contribution is -2.68. The first-order valence-electron chi connectivity index (χ1n) is 13.3. The van der Waals surface area contributed by atoms with Gasteiger partial charge in [0.05, 0.1) is 19.3 Å². The molecule has 1 atom stereocenters. The lowest BCUT2D eigenvalue weighted by Gasteiger charge is -2.45. The second-order valence-electron chi connectivity index (χ2n) is 9.94. The Labute approximate surface area is 227 Å². The quantitative estimate of drug-likeness (QED) is 0.287. The predicted molar refractivity (Wildman–Crippen MR) is 141 cm³/mol. The standard InChI is InChI=1S/C29H37F3N2O5/c1-5-38-23-16-22(24(30)25(19(23)3)39-6-2)20(4)34(15-11-10-14-21-12-8-7-9-13-21)27(37)33-28(26(35)36)17-29(31,32)18-28/h7-9,12-13,16,20H,5-6,10-11,14-15,17-18H2,1-4H3,(H,33,37)(H,35,36). The minimum atomic E-state index is -3.18. The highest BCUT2D eigenvalue weighted by atomic mass is 19.3. The molecule has 1 fully saturated rings. The molecule has 7 nitrogen and oxygen atoms in total. The van der Waals surface area contributed by atoms with Gasteiger partial charge in [-0.15, -0.1) is 0 Å².